The highest BCUT2D eigenvalue weighted by atomic mass is 16.8. The third kappa shape index (κ3) is 12.8. The molecule has 16 nitrogen and oxygen atoms in total. The number of esters is 3. The Hall–Kier alpha value is -1.99. The van der Waals surface area contributed by atoms with E-state index in [1.807, 2.05) is 0 Å². The quantitative estimate of drug-likeness (QED) is 0.0846. The number of rotatable bonds is 19. The average Bonchev–Trinajstić information content (AvgIpc) is 3.07. The van der Waals surface area contributed by atoms with Crippen LogP contribution in [0.3, 0.4) is 0 Å². The van der Waals surface area contributed by atoms with E-state index < -0.39 is 110 Å². The number of hydrogen-bond acceptors (Lipinski definition) is 16. The van der Waals surface area contributed by atoms with Gasteiger partial charge >= 0.3 is 17.9 Å². The summed E-state index contributed by atoms with van der Waals surface area (Å²) >= 11 is 0. The molecule has 0 bridgehead atoms. The Morgan fingerprint density at radius 2 is 0.942 bits per heavy atom. The second-order valence-electron chi connectivity index (χ2n) is 14.1. The van der Waals surface area contributed by atoms with Gasteiger partial charge in [-0.25, -0.2) is 0 Å². The third-order valence-electron chi connectivity index (χ3n) is 9.55. The van der Waals surface area contributed by atoms with Gasteiger partial charge in [0.05, 0.1) is 18.3 Å². The van der Waals surface area contributed by atoms with Gasteiger partial charge in [-0.15, -0.1) is 0 Å². The summed E-state index contributed by atoms with van der Waals surface area (Å²) < 4.78 is 51.6. The van der Waals surface area contributed by atoms with Crippen LogP contribution < -0.4 is 0 Å². The number of carbonyl (C=O) groups excluding carboxylic acids is 3. The van der Waals surface area contributed by atoms with Crippen molar-refractivity contribution in [1.29, 1.82) is 0 Å². The lowest BCUT2D eigenvalue weighted by atomic mass is 9.96. The SMILES string of the molecule is CCCCCCCCCCCCO[C@@H]1O[C@@H](C)[C@H](O[C@@H]2O[C@@H](C)[C@H](OC(C)=O)[C@@H](O[C@@H]3O[C@@H](C)[C@H](O)[C@@H](OC(C)=O)[C@H]3OC(C)=O)[C@H]2O)[C@@H](O)[C@H]1O. The van der Waals surface area contributed by atoms with Crippen molar-refractivity contribution < 1.29 is 77.4 Å². The molecule has 0 aromatic rings. The molecule has 52 heavy (non-hydrogen) atoms. The van der Waals surface area contributed by atoms with E-state index in [0.29, 0.717) is 6.61 Å². The van der Waals surface area contributed by atoms with Gasteiger partial charge in [0.25, 0.3) is 0 Å². The predicted molar refractivity (Wildman–Crippen MR) is 181 cm³/mol. The van der Waals surface area contributed by atoms with Crippen molar-refractivity contribution >= 4 is 17.9 Å². The van der Waals surface area contributed by atoms with Gasteiger partial charge in [-0.05, 0) is 27.2 Å². The van der Waals surface area contributed by atoms with Crippen LogP contribution in [-0.4, -0.2) is 137 Å². The Morgan fingerprint density at radius 1 is 0.481 bits per heavy atom. The zero-order valence-electron chi connectivity index (χ0n) is 31.6. The molecule has 0 radical (unpaired) electrons. The number of ether oxygens (including phenoxy) is 9. The minimum absolute atomic E-state index is 0.341. The van der Waals surface area contributed by atoms with Gasteiger partial charge in [-0.3, -0.25) is 14.4 Å². The summed E-state index contributed by atoms with van der Waals surface area (Å²) in [6, 6.07) is 0. The number of carbonyl (C=O) groups is 3. The fourth-order valence-electron chi connectivity index (χ4n) is 6.78. The lowest BCUT2D eigenvalue weighted by Crippen LogP contribution is -2.66. The van der Waals surface area contributed by atoms with Crippen molar-refractivity contribution in [2.45, 2.75) is 205 Å². The third-order valence-corrected chi connectivity index (χ3v) is 9.55. The molecule has 302 valence electrons. The molecular formula is C36H62O16. The van der Waals surface area contributed by atoms with Crippen LogP contribution in [-0.2, 0) is 57.0 Å². The van der Waals surface area contributed by atoms with Crippen LogP contribution in [0, 0.1) is 0 Å². The highest BCUT2D eigenvalue weighted by Crippen LogP contribution is 2.35. The molecule has 3 heterocycles. The van der Waals surface area contributed by atoms with Gasteiger partial charge < -0.3 is 63.1 Å². The van der Waals surface area contributed by atoms with E-state index in [0.717, 1.165) is 40.0 Å². The molecule has 3 aliphatic rings. The first-order valence-electron chi connectivity index (χ1n) is 18.8. The Balaban J connectivity index is 1.65. The molecule has 3 rings (SSSR count). The maximum atomic E-state index is 12.1. The van der Waals surface area contributed by atoms with E-state index >= 15 is 0 Å². The Labute approximate surface area is 306 Å². The second-order valence-corrected chi connectivity index (χ2v) is 14.1. The molecule has 3 fully saturated rings. The molecule has 15 atom stereocenters. The number of hydrogen-bond donors (Lipinski definition) is 4. The van der Waals surface area contributed by atoms with Gasteiger partial charge in [-0.2, -0.15) is 0 Å². The minimum atomic E-state index is -1.72. The zero-order valence-corrected chi connectivity index (χ0v) is 31.6. The fourth-order valence-corrected chi connectivity index (χ4v) is 6.78. The van der Waals surface area contributed by atoms with Crippen molar-refractivity contribution in [2.75, 3.05) is 6.61 Å². The van der Waals surface area contributed by atoms with E-state index in [-0.39, 0.29) is 0 Å². The lowest BCUT2D eigenvalue weighted by Gasteiger charge is -2.48. The monoisotopic (exact) mass is 750 g/mol. The first-order chi connectivity index (χ1) is 24.7. The Bertz CT molecular complexity index is 1090. The van der Waals surface area contributed by atoms with E-state index in [1.54, 1.807) is 6.92 Å². The van der Waals surface area contributed by atoms with Gasteiger partial charge in [0.15, 0.2) is 37.2 Å². The maximum absolute atomic E-state index is 12.1. The highest BCUT2D eigenvalue weighted by molar-refractivity contribution is 5.67. The van der Waals surface area contributed by atoms with E-state index in [2.05, 4.69) is 6.92 Å². The minimum Gasteiger partial charge on any atom is -0.457 e. The van der Waals surface area contributed by atoms with Crippen molar-refractivity contribution in [3.63, 3.8) is 0 Å². The number of aliphatic hydroxyl groups excluding tert-OH is 4. The van der Waals surface area contributed by atoms with Crippen LogP contribution >= 0.6 is 0 Å². The van der Waals surface area contributed by atoms with Crippen molar-refractivity contribution in [2.24, 2.45) is 0 Å². The van der Waals surface area contributed by atoms with Crippen molar-refractivity contribution in [3.05, 3.63) is 0 Å². The van der Waals surface area contributed by atoms with Gasteiger partial charge in [0.1, 0.15) is 36.6 Å². The molecule has 0 aromatic carbocycles. The number of aliphatic hydroxyl groups is 4. The van der Waals surface area contributed by atoms with Crippen LogP contribution in [0.5, 0.6) is 0 Å². The van der Waals surface area contributed by atoms with Crippen molar-refractivity contribution in [3.8, 4) is 0 Å². The van der Waals surface area contributed by atoms with Crippen LogP contribution in [0.2, 0.25) is 0 Å². The normalized spacial score (nSPS) is 38.0. The highest BCUT2D eigenvalue weighted by Gasteiger charge is 2.55. The first kappa shape index (κ1) is 44.4. The predicted octanol–water partition coefficient (Wildman–Crippen LogP) is 2.17. The first-order valence-corrected chi connectivity index (χ1v) is 18.8. The molecule has 3 saturated heterocycles. The van der Waals surface area contributed by atoms with Crippen LogP contribution in [0.4, 0.5) is 0 Å². The van der Waals surface area contributed by atoms with Gasteiger partial charge in [-0.1, -0.05) is 64.7 Å². The number of unbranched alkanes of at least 4 members (excludes halogenated alkanes) is 9. The summed E-state index contributed by atoms with van der Waals surface area (Å²) in [5, 5.41) is 44.3. The molecule has 0 saturated carbocycles. The van der Waals surface area contributed by atoms with Crippen LogP contribution in [0.1, 0.15) is 113 Å². The summed E-state index contributed by atoms with van der Waals surface area (Å²) in [6.45, 7) is 10.6. The smallest absolute Gasteiger partial charge is 0.303 e. The van der Waals surface area contributed by atoms with Gasteiger partial charge in [0.2, 0.25) is 0 Å². The van der Waals surface area contributed by atoms with Crippen LogP contribution in [0.15, 0.2) is 0 Å². The molecule has 0 aromatic heterocycles. The Kier molecular flexibility index (Phi) is 18.6. The summed E-state index contributed by atoms with van der Waals surface area (Å²) in [5.74, 6) is -2.29. The second kappa shape index (κ2) is 21.8. The van der Waals surface area contributed by atoms with E-state index in [4.69, 9.17) is 42.6 Å². The summed E-state index contributed by atoms with van der Waals surface area (Å²) in [4.78, 5) is 36.0. The average molecular weight is 751 g/mol. The van der Waals surface area contributed by atoms with Crippen LogP contribution in [0.25, 0.3) is 0 Å². The maximum Gasteiger partial charge on any atom is 0.303 e. The molecule has 0 aliphatic carbocycles. The fraction of sp³-hybridized carbons (Fsp3) is 0.917. The molecule has 0 spiro atoms. The molecule has 0 amide bonds. The topological polar surface area (TPSA) is 215 Å². The molecule has 3 aliphatic heterocycles. The van der Waals surface area contributed by atoms with E-state index in [9.17, 15) is 34.8 Å². The molecule has 0 unspecified atom stereocenters. The summed E-state index contributed by atoms with van der Waals surface area (Å²) in [7, 11) is 0. The van der Waals surface area contributed by atoms with E-state index in [1.165, 1.54) is 58.8 Å². The summed E-state index contributed by atoms with van der Waals surface area (Å²) in [5.41, 5.74) is 0. The molecule has 4 N–H and O–H groups in total. The Morgan fingerprint density at radius 3 is 1.52 bits per heavy atom. The molecule has 16 heteroatoms. The lowest BCUT2D eigenvalue weighted by molar-refractivity contribution is -0.374. The molecular weight excluding hydrogens is 688 g/mol. The van der Waals surface area contributed by atoms with Gasteiger partial charge in [0, 0.05) is 27.4 Å². The summed E-state index contributed by atoms with van der Waals surface area (Å²) in [6.07, 6.45) is -8.24. The van der Waals surface area contributed by atoms with Crippen molar-refractivity contribution in [1.82, 2.24) is 0 Å². The standard InChI is InChI=1S/C36H62O16/c1-8-9-10-11-12-13-14-15-16-17-18-44-34-27(42)26(41)29(20(3)46-34)51-35-28(43)32(30(21(4)47-35)48-22(5)37)52-36-33(50-24(7)39)31(49-23(6)38)25(40)19(2)45-36/h19-21,25-36,40-43H,8-18H2,1-7H3/t19-,20-,21-,25-,26-,27+,28+,29-,30-,31+,32-,33+,34+,35-,36-/m0/s1. The largest absolute Gasteiger partial charge is 0.457 e. The zero-order chi connectivity index (χ0) is 38.5.